The van der Waals surface area contributed by atoms with Crippen molar-refractivity contribution in [2.24, 2.45) is 0 Å². The van der Waals surface area contributed by atoms with Gasteiger partial charge in [0.1, 0.15) is 17.2 Å². The van der Waals surface area contributed by atoms with Gasteiger partial charge in [0.25, 0.3) is 5.91 Å². The number of methoxy groups -OCH3 is 2. The molecule has 2 aromatic carbocycles. The maximum atomic E-state index is 13.7. The van der Waals surface area contributed by atoms with E-state index in [9.17, 15) is 9.59 Å². The summed E-state index contributed by atoms with van der Waals surface area (Å²) in [6, 6.07) is 17.7. The molecule has 3 aromatic rings. The van der Waals surface area contributed by atoms with E-state index >= 15 is 0 Å². The number of nitrogens with zero attached hydrogens (tertiary/aromatic N) is 1. The van der Waals surface area contributed by atoms with Crippen LogP contribution in [-0.4, -0.2) is 42.7 Å². The van der Waals surface area contributed by atoms with Gasteiger partial charge in [0, 0.05) is 11.3 Å². The highest BCUT2D eigenvalue weighted by Crippen LogP contribution is 2.42. The van der Waals surface area contributed by atoms with E-state index in [1.165, 1.54) is 7.11 Å². The molecule has 0 radical (unpaired) electrons. The first kappa shape index (κ1) is 21.8. The molecule has 0 saturated carbocycles. The average Bonchev–Trinajstić information content (AvgIpc) is 3.52. The van der Waals surface area contributed by atoms with Gasteiger partial charge in [0.15, 0.2) is 11.5 Å². The Labute approximate surface area is 190 Å². The SMILES string of the molecule is COc1ccc(C(=O)N2C(C(=O)NCc3ccco3)CSC2c2ccccc2)cc1OC. The minimum absolute atomic E-state index is 0.221. The first-order valence-electron chi connectivity index (χ1n) is 10.1. The van der Waals surface area contributed by atoms with Gasteiger partial charge in [0.2, 0.25) is 5.91 Å². The maximum Gasteiger partial charge on any atom is 0.255 e. The molecule has 32 heavy (non-hydrogen) atoms. The molecule has 166 valence electrons. The van der Waals surface area contributed by atoms with Crippen molar-refractivity contribution in [3.05, 3.63) is 83.8 Å². The van der Waals surface area contributed by atoms with Crippen LogP contribution in [0.15, 0.2) is 71.3 Å². The Morgan fingerprint density at radius 2 is 1.84 bits per heavy atom. The highest BCUT2D eigenvalue weighted by molar-refractivity contribution is 7.99. The van der Waals surface area contributed by atoms with Gasteiger partial charge in [-0.2, -0.15) is 0 Å². The Morgan fingerprint density at radius 3 is 2.53 bits per heavy atom. The minimum Gasteiger partial charge on any atom is -0.493 e. The number of furan rings is 1. The number of carbonyl (C=O) groups is 2. The van der Waals surface area contributed by atoms with Crippen molar-refractivity contribution in [2.45, 2.75) is 18.0 Å². The molecule has 1 aromatic heterocycles. The van der Waals surface area contributed by atoms with Gasteiger partial charge in [-0.3, -0.25) is 9.59 Å². The lowest BCUT2D eigenvalue weighted by atomic mass is 10.1. The second-order valence-electron chi connectivity index (χ2n) is 7.19. The maximum absolute atomic E-state index is 13.7. The van der Waals surface area contributed by atoms with Crippen LogP contribution in [0.2, 0.25) is 0 Å². The molecule has 2 atom stereocenters. The Bertz CT molecular complexity index is 1070. The third-order valence-electron chi connectivity index (χ3n) is 5.27. The lowest BCUT2D eigenvalue weighted by Gasteiger charge is -2.29. The molecule has 4 rings (SSSR count). The highest BCUT2D eigenvalue weighted by Gasteiger charge is 2.42. The zero-order valence-electron chi connectivity index (χ0n) is 17.8. The predicted molar refractivity (Wildman–Crippen MR) is 122 cm³/mol. The van der Waals surface area contributed by atoms with Crippen molar-refractivity contribution in [2.75, 3.05) is 20.0 Å². The zero-order valence-corrected chi connectivity index (χ0v) is 18.6. The second-order valence-corrected chi connectivity index (χ2v) is 8.30. The van der Waals surface area contributed by atoms with Crippen LogP contribution in [-0.2, 0) is 11.3 Å². The summed E-state index contributed by atoms with van der Waals surface area (Å²) in [7, 11) is 3.07. The third-order valence-corrected chi connectivity index (χ3v) is 6.59. The van der Waals surface area contributed by atoms with Crippen LogP contribution in [0.1, 0.15) is 27.1 Å². The summed E-state index contributed by atoms with van der Waals surface area (Å²) in [6.45, 7) is 0.265. The van der Waals surface area contributed by atoms with Gasteiger partial charge in [-0.1, -0.05) is 30.3 Å². The Morgan fingerprint density at radius 1 is 1.06 bits per heavy atom. The van der Waals surface area contributed by atoms with Crippen molar-refractivity contribution in [3.63, 3.8) is 0 Å². The number of thioether (sulfide) groups is 1. The fourth-order valence-corrected chi connectivity index (χ4v) is 5.08. The first-order valence-corrected chi connectivity index (χ1v) is 11.2. The first-order chi connectivity index (χ1) is 15.6. The number of hydrogen-bond acceptors (Lipinski definition) is 6. The van der Waals surface area contributed by atoms with Crippen LogP contribution in [0.5, 0.6) is 11.5 Å². The van der Waals surface area contributed by atoms with Crippen LogP contribution in [0, 0.1) is 0 Å². The van der Waals surface area contributed by atoms with E-state index < -0.39 is 6.04 Å². The number of amides is 2. The third kappa shape index (κ3) is 4.45. The van der Waals surface area contributed by atoms with Crippen molar-refractivity contribution >= 4 is 23.6 Å². The summed E-state index contributed by atoms with van der Waals surface area (Å²) < 4.78 is 16.0. The molecule has 1 N–H and O–H groups in total. The molecular formula is C24H24N2O5S. The van der Waals surface area contributed by atoms with E-state index in [4.69, 9.17) is 13.9 Å². The van der Waals surface area contributed by atoms with E-state index in [-0.39, 0.29) is 23.7 Å². The van der Waals surface area contributed by atoms with Gasteiger partial charge < -0.3 is 24.1 Å². The highest BCUT2D eigenvalue weighted by atomic mass is 32.2. The van der Waals surface area contributed by atoms with E-state index in [1.54, 1.807) is 60.4 Å². The number of ether oxygens (including phenoxy) is 2. The van der Waals surface area contributed by atoms with Crippen LogP contribution in [0.25, 0.3) is 0 Å². The quantitative estimate of drug-likeness (QED) is 0.586. The molecule has 2 heterocycles. The van der Waals surface area contributed by atoms with Crippen molar-refractivity contribution in [1.82, 2.24) is 10.2 Å². The zero-order chi connectivity index (χ0) is 22.5. The lowest BCUT2D eigenvalue weighted by Crippen LogP contribution is -2.47. The fraction of sp³-hybridized carbons (Fsp3) is 0.250. The lowest BCUT2D eigenvalue weighted by molar-refractivity contribution is -0.125. The van der Waals surface area contributed by atoms with Crippen LogP contribution in [0.4, 0.5) is 0 Å². The van der Waals surface area contributed by atoms with E-state index in [0.717, 1.165) is 5.56 Å². The molecule has 2 amide bonds. The summed E-state index contributed by atoms with van der Waals surface area (Å²) in [6.07, 6.45) is 1.56. The Hall–Kier alpha value is -3.39. The Kier molecular flexibility index (Phi) is 6.70. The fourth-order valence-electron chi connectivity index (χ4n) is 3.65. The normalized spacial score (nSPS) is 17.8. The second kappa shape index (κ2) is 9.82. The number of carbonyl (C=O) groups excluding carboxylic acids is 2. The van der Waals surface area contributed by atoms with Gasteiger partial charge in [-0.15, -0.1) is 11.8 Å². The minimum atomic E-state index is -0.624. The summed E-state index contributed by atoms with van der Waals surface area (Å²) in [5.74, 6) is 1.67. The smallest absolute Gasteiger partial charge is 0.255 e. The summed E-state index contributed by atoms with van der Waals surface area (Å²) in [4.78, 5) is 28.4. The molecule has 1 fully saturated rings. The van der Waals surface area contributed by atoms with Crippen LogP contribution in [0.3, 0.4) is 0 Å². The predicted octanol–water partition coefficient (Wildman–Crippen LogP) is 3.87. The molecule has 1 saturated heterocycles. The molecular weight excluding hydrogens is 428 g/mol. The van der Waals surface area contributed by atoms with Crippen molar-refractivity contribution in [1.29, 1.82) is 0 Å². The van der Waals surface area contributed by atoms with Crippen LogP contribution >= 0.6 is 11.8 Å². The standard InChI is InChI=1S/C24H24N2O5S/c1-29-20-11-10-17(13-21(20)30-2)23(28)26-19(22(27)25-14-18-9-6-12-31-18)15-32-24(26)16-7-4-3-5-8-16/h3-13,19,24H,14-15H2,1-2H3,(H,25,27). The van der Waals surface area contributed by atoms with Gasteiger partial charge in [0.05, 0.1) is 27.0 Å². The monoisotopic (exact) mass is 452 g/mol. The van der Waals surface area contributed by atoms with Crippen molar-refractivity contribution in [3.8, 4) is 11.5 Å². The Balaban J connectivity index is 1.63. The largest absolute Gasteiger partial charge is 0.493 e. The van der Waals surface area contributed by atoms with Gasteiger partial charge in [-0.25, -0.2) is 0 Å². The molecule has 0 aliphatic carbocycles. The average molecular weight is 453 g/mol. The summed E-state index contributed by atoms with van der Waals surface area (Å²) >= 11 is 1.57. The summed E-state index contributed by atoms with van der Waals surface area (Å²) in [5, 5.41) is 2.61. The number of nitrogens with one attached hydrogen (secondary N) is 1. The molecule has 7 nitrogen and oxygen atoms in total. The van der Waals surface area contributed by atoms with Gasteiger partial charge >= 0.3 is 0 Å². The van der Waals surface area contributed by atoms with E-state index in [0.29, 0.717) is 28.6 Å². The van der Waals surface area contributed by atoms with E-state index in [1.807, 2.05) is 30.3 Å². The number of rotatable bonds is 7. The number of benzene rings is 2. The van der Waals surface area contributed by atoms with Crippen molar-refractivity contribution < 1.29 is 23.5 Å². The topological polar surface area (TPSA) is 81.0 Å². The molecule has 8 heteroatoms. The summed E-state index contributed by atoms with van der Waals surface area (Å²) in [5.41, 5.74) is 1.39. The van der Waals surface area contributed by atoms with Crippen LogP contribution < -0.4 is 14.8 Å². The molecule has 0 spiro atoms. The molecule has 2 unspecified atom stereocenters. The van der Waals surface area contributed by atoms with Gasteiger partial charge in [-0.05, 0) is 35.9 Å². The molecule has 1 aliphatic rings. The van der Waals surface area contributed by atoms with E-state index in [2.05, 4.69) is 5.32 Å². The molecule has 1 aliphatic heterocycles. The molecule has 0 bridgehead atoms. The number of hydrogen-bond donors (Lipinski definition) is 1.